The van der Waals surface area contributed by atoms with Crippen LogP contribution in [0.2, 0.25) is 0 Å². The molecule has 0 radical (unpaired) electrons. The van der Waals surface area contributed by atoms with Gasteiger partial charge in [-0.05, 0) is 13.8 Å². The molecule has 4 nitrogen and oxygen atoms in total. The summed E-state index contributed by atoms with van der Waals surface area (Å²) in [4.78, 5) is 0. The summed E-state index contributed by atoms with van der Waals surface area (Å²) in [7, 11) is 0. The van der Waals surface area contributed by atoms with Gasteiger partial charge in [-0.1, -0.05) is 0 Å². The summed E-state index contributed by atoms with van der Waals surface area (Å²) in [6.07, 6.45) is -2.55. The lowest BCUT2D eigenvalue weighted by molar-refractivity contribution is -0.229. The molecular formula is C7H14O4. The van der Waals surface area contributed by atoms with Gasteiger partial charge in [0.2, 0.25) is 0 Å². The van der Waals surface area contributed by atoms with E-state index in [1.807, 2.05) is 0 Å². The lowest BCUT2D eigenvalue weighted by Crippen LogP contribution is -2.60. The fourth-order valence-electron chi connectivity index (χ4n) is 1.13. The normalized spacial score (nSPS) is 52.6. The minimum absolute atomic E-state index is 0.0818. The largest absolute Gasteiger partial charge is 0.388 e. The monoisotopic (exact) mass is 162 g/mol. The molecule has 1 fully saturated rings. The van der Waals surface area contributed by atoms with E-state index >= 15 is 0 Å². The van der Waals surface area contributed by atoms with Crippen molar-refractivity contribution in [3.63, 3.8) is 0 Å². The van der Waals surface area contributed by atoms with Gasteiger partial charge in [-0.15, -0.1) is 0 Å². The van der Waals surface area contributed by atoms with Gasteiger partial charge >= 0.3 is 0 Å². The van der Waals surface area contributed by atoms with Gasteiger partial charge in [0.05, 0.1) is 12.7 Å². The van der Waals surface area contributed by atoms with E-state index in [-0.39, 0.29) is 6.61 Å². The smallest absolute Gasteiger partial charge is 0.116 e. The Bertz CT molecular complexity index is 145. The number of hydrogen-bond acceptors (Lipinski definition) is 4. The zero-order chi connectivity index (χ0) is 8.65. The summed E-state index contributed by atoms with van der Waals surface area (Å²) >= 11 is 0. The molecule has 1 aliphatic rings. The Kier molecular flexibility index (Phi) is 2.20. The van der Waals surface area contributed by atoms with Crippen LogP contribution in [0.1, 0.15) is 13.8 Å². The minimum Gasteiger partial charge on any atom is -0.388 e. The molecule has 0 spiro atoms. The predicted octanol–water partition coefficient (Wildman–Crippen LogP) is -1.12. The van der Waals surface area contributed by atoms with Crippen LogP contribution in [0.4, 0.5) is 0 Å². The minimum atomic E-state index is -1.35. The van der Waals surface area contributed by atoms with Gasteiger partial charge in [-0.25, -0.2) is 0 Å². The van der Waals surface area contributed by atoms with Crippen LogP contribution >= 0.6 is 0 Å². The van der Waals surface area contributed by atoms with Crippen LogP contribution in [0, 0.1) is 0 Å². The second-order valence-corrected chi connectivity index (χ2v) is 3.21. The van der Waals surface area contributed by atoms with Crippen molar-refractivity contribution in [3.05, 3.63) is 0 Å². The molecule has 4 atom stereocenters. The molecular weight excluding hydrogens is 148 g/mol. The van der Waals surface area contributed by atoms with Crippen molar-refractivity contribution in [1.82, 2.24) is 0 Å². The zero-order valence-corrected chi connectivity index (χ0v) is 6.69. The summed E-state index contributed by atoms with van der Waals surface area (Å²) in [6.45, 7) is 3.19. The molecule has 0 aromatic rings. The first kappa shape index (κ1) is 8.93. The zero-order valence-electron chi connectivity index (χ0n) is 6.69. The van der Waals surface area contributed by atoms with Gasteiger partial charge < -0.3 is 20.1 Å². The Balaban J connectivity index is 2.72. The van der Waals surface area contributed by atoms with E-state index in [1.165, 1.54) is 6.92 Å². The van der Waals surface area contributed by atoms with Crippen molar-refractivity contribution < 1.29 is 20.1 Å². The molecule has 3 N–H and O–H groups in total. The highest BCUT2D eigenvalue weighted by molar-refractivity contribution is 4.95. The molecule has 0 aromatic carbocycles. The second kappa shape index (κ2) is 2.71. The Morgan fingerprint density at radius 3 is 2.45 bits per heavy atom. The number of aliphatic hydroxyl groups is 3. The van der Waals surface area contributed by atoms with E-state index in [2.05, 4.69) is 0 Å². The Morgan fingerprint density at radius 2 is 2.00 bits per heavy atom. The first-order valence-electron chi connectivity index (χ1n) is 3.66. The summed E-state index contributed by atoms with van der Waals surface area (Å²) < 4.78 is 5.02. The lowest BCUT2D eigenvalue weighted by atomic mass is 9.87. The first-order chi connectivity index (χ1) is 4.96. The van der Waals surface area contributed by atoms with Crippen molar-refractivity contribution in [2.45, 2.75) is 37.8 Å². The average molecular weight is 162 g/mol. The Morgan fingerprint density at radius 1 is 1.45 bits per heavy atom. The lowest BCUT2D eigenvalue weighted by Gasteiger charge is -2.41. The molecule has 0 bridgehead atoms. The van der Waals surface area contributed by atoms with Crippen molar-refractivity contribution in [1.29, 1.82) is 0 Å². The summed E-state index contributed by atoms with van der Waals surface area (Å²) in [5.74, 6) is 0. The molecule has 0 aromatic heterocycles. The van der Waals surface area contributed by atoms with Gasteiger partial charge in [-0.2, -0.15) is 0 Å². The maximum Gasteiger partial charge on any atom is 0.116 e. The van der Waals surface area contributed by atoms with Crippen molar-refractivity contribution >= 4 is 0 Å². The fraction of sp³-hybridized carbons (Fsp3) is 1.00. The van der Waals surface area contributed by atoms with Gasteiger partial charge in [0.25, 0.3) is 0 Å². The van der Waals surface area contributed by atoms with Gasteiger partial charge in [0, 0.05) is 0 Å². The number of hydrogen-bond donors (Lipinski definition) is 3. The molecule has 0 amide bonds. The highest BCUT2D eigenvalue weighted by Crippen LogP contribution is 2.25. The van der Waals surface area contributed by atoms with E-state index in [0.717, 1.165) is 0 Å². The quantitative estimate of drug-likeness (QED) is 0.422. The third-order valence-corrected chi connectivity index (χ3v) is 2.30. The molecule has 0 saturated carbocycles. The standard InChI is InChI=1S/C7H14O4/c1-4-7(2,10)6(9)5(8)3-11-4/h4-6,8-10H,3H2,1-2H3/t4?,5?,6-,7-/m1/s1. The molecule has 4 heteroatoms. The molecule has 0 aliphatic carbocycles. The van der Waals surface area contributed by atoms with E-state index in [9.17, 15) is 10.2 Å². The van der Waals surface area contributed by atoms with Crippen molar-refractivity contribution in [2.75, 3.05) is 6.61 Å². The third kappa shape index (κ3) is 1.39. The van der Waals surface area contributed by atoms with E-state index in [0.29, 0.717) is 0 Å². The van der Waals surface area contributed by atoms with Gasteiger partial charge in [-0.3, -0.25) is 0 Å². The van der Waals surface area contributed by atoms with Crippen molar-refractivity contribution in [2.24, 2.45) is 0 Å². The molecule has 2 unspecified atom stereocenters. The maximum absolute atomic E-state index is 9.55. The highest BCUT2D eigenvalue weighted by atomic mass is 16.5. The summed E-state index contributed by atoms with van der Waals surface area (Å²) in [5.41, 5.74) is -1.35. The topological polar surface area (TPSA) is 69.9 Å². The van der Waals surface area contributed by atoms with Crippen LogP contribution < -0.4 is 0 Å². The van der Waals surface area contributed by atoms with E-state index < -0.39 is 23.9 Å². The van der Waals surface area contributed by atoms with E-state index in [1.54, 1.807) is 6.92 Å². The molecule has 1 rings (SSSR count). The molecule has 1 heterocycles. The van der Waals surface area contributed by atoms with Crippen LogP contribution in [0.25, 0.3) is 0 Å². The number of rotatable bonds is 0. The SMILES string of the molecule is CC1OCC(O)[C@@H](O)[C@]1(C)O. The third-order valence-electron chi connectivity index (χ3n) is 2.30. The van der Waals surface area contributed by atoms with Gasteiger partial charge in [0.15, 0.2) is 0 Å². The fourth-order valence-corrected chi connectivity index (χ4v) is 1.13. The summed E-state index contributed by atoms with van der Waals surface area (Å²) in [6, 6.07) is 0. The number of ether oxygens (including phenoxy) is 1. The van der Waals surface area contributed by atoms with E-state index in [4.69, 9.17) is 9.84 Å². The van der Waals surface area contributed by atoms with Crippen LogP contribution in [-0.2, 0) is 4.74 Å². The second-order valence-electron chi connectivity index (χ2n) is 3.21. The Hall–Kier alpha value is -0.160. The maximum atomic E-state index is 9.55. The van der Waals surface area contributed by atoms with Crippen LogP contribution in [-0.4, -0.2) is 45.8 Å². The van der Waals surface area contributed by atoms with Crippen LogP contribution in [0.15, 0.2) is 0 Å². The predicted molar refractivity (Wildman–Crippen MR) is 38.1 cm³/mol. The molecule has 1 saturated heterocycles. The number of aliphatic hydroxyl groups excluding tert-OH is 2. The molecule has 1 aliphatic heterocycles. The van der Waals surface area contributed by atoms with Crippen LogP contribution in [0.5, 0.6) is 0 Å². The molecule has 66 valence electrons. The highest BCUT2D eigenvalue weighted by Gasteiger charge is 2.45. The average Bonchev–Trinajstić information content (AvgIpc) is 1.95. The Labute approximate surface area is 65.4 Å². The van der Waals surface area contributed by atoms with Crippen LogP contribution in [0.3, 0.4) is 0 Å². The van der Waals surface area contributed by atoms with Crippen molar-refractivity contribution in [3.8, 4) is 0 Å². The van der Waals surface area contributed by atoms with Gasteiger partial charge in [0.1, 0.15) is 17.8 Å². The summed E-state index contributed by atoms with van der Waals surface area (Å²) in [5, 5.41) is 27.9. The molecule has 11 heavy (non-hydrogen) atoms. The first-order valence-corrected chi connectivity index (χ1v) is 3.66.